The molecule has 0 radical (unpaired) electrons. The highest BCUT2D eigenvalue weighted by atomic mass is 16.2. The van der Waals surface area contributed by atoms with E-state index in [1.54, 1.807) is 38.4 Å². The van der Waals surface area contributed by atoms with Gasteiger partial charge < -0.3 is 9.80 Å². The van der Waals surface area contributed by atoms with Crippen LogP contribution in [-0.2, 0) is 0 Å². The summed E-state index contributed by atoms with van der Waals surface area (Å²) in [4.78, 5) is 15.0. The maximum absolute atomic E-state index is 11.7. The molecular formula is C15H15N5O. The molecule has 0 N–H and O–H groups in total. The topological polar surface area (TPSA) is 73.1 Å². The van der Waals surface area contributed by atoms with E-state index in [2.05, 4.69) is 16.3 Å². The normalized spacial score (nSPS) is 9.81. The molecule has 0 unspecified atom stereocenters. The first kappa shape index (κ1) is 14.5. The van der Waals surface area contributed by atoms with Crippen LogP contribution in [0.25, 0.3) is 0 Å². The van der Waals surface area contributed by atoms with E-state index in [0.717, 1.165) is 5.69 Å². The molecule has 0 aliphatic rings. The van der Waals surface area contributed by atoms with Crippen molar-refractivity contribution in [2.75, 3.05) is 26.0 Å². The molecule has 0 bridgehead atoms. The molecule has 106 valence electrons. The summed E-state index contributed by atoms with van der Waals surface area (Å²) in [5.74, 6) is 0.435. The van der Waals surface area contributed by atoms with Crippen molar-refractivity contribution in [2.45, 2.75) is 0 Å². The molecule has 1 aromatic carbocycles. The zero-order valence-corrected chi connectivity index (χ0v) is 12.1. The zero-order valence-electron chi connectivity index (χ0n) is 12.1. The van der Waals surface area contributed by atoms with Crippen molar-refractivity contribution in [3.05, 3.63) is 47.7 Å². The first-order valence-electron chi connectivity index (χ1n) is 6.32. The van der Waals surface area contributed by atoms with Crippen LogP contribution in [0.4, 0.5) is 11.5 Å². The van der Waals surface area contributed by atoms with Crippen molar-refractivity contribution in [1.29, 1.82) is 5.26 Å². The van der Waals surface area contributed by atoms with Crippen LogP contribution in [0.3, 0.4) is 0 Å². The van der Waals surface area contributed by atoms with Gasteiger partial charge in [0.1, 0.15) is 0 Å². The van der Waals surface area contributed by atoms with Crippen LogP contribution in [0, 0.1) is 11.3 Å². The fourth-order valence-corrected chi connectivity index (χ4v) is 1.74. The second kappa shape index (κ2) is 6.01. The number of hydrogen-bond acceptors (Lipinski definition) is 5. The maximum atomic E-state index is 11.7. The SMILES string of the molecule is CN(C)C(=O)c1ccc(N(C)c2ccc(C#N)cc2)nn1. The molecule has 6 nitrogen and oxygen atoms in total. The average molecular weight is 281 g/mol. The third-order valence-corrected chi connectivity index (χ3v) is 3.00. The first-order valence-corrected chi connectivity index (χ1v) is 6.32. The minimum absolute atomic E-state index is 0.185. The Morgan fingerprint density at radius 2 is 1.71 bits per heavy atom. The number of rotatable bonds is 3. The molecule has 0 spiro atoms. The number of anilines is 2. The summed E-state index contributed by atoms with van der Waals surface area (Å²) in [6, 6.07) is 12.6. The predicted octanol–water partition coefficient (Wildman–Crippen LogP) is 1.82. The number of aromatic nitrogens is 2. The van der Waals surface area contributed by atoms with Crippen molar-refractivity contribution in [3.63, 3.8) is 0 Å². The summed E-state index contributed by atoms with van der Waals surface area (Å²) in [5.41, 5.74) is 1.79. The predicted molar refractivity (Wildman–Crippen MR) is 79.3 cm³/mol. The molecular weight excluding hydrogens is 266 g/mol. The quantitative estimate of drug-likeness (QED) is 0.858. The van der Waals surface area contributed by atoms with Gasteiger partial charge in [0.25, 0.3) is 5.91 Å². The van der Waals surface area contributed by atoms with Crippen LogP contribution in [-0.4, -0.2) is 42.1 Å². The van der Waals surface area contributed by atoms with Gasteiger partial charge >= 0.3 is 0 Å². The summed E-state index contributed by atoms with van der Waals surface area (Å²) in [5, 5.41) is 16.8. The summed E-state index contributed by atoms with van der Waals surface area (Å²) in [6.07, 6.45) is 0. The van der Waals surface area contributed by atoms with E-state index < -0.39 is 0 Å². The second-order valence-electron chi connectivity index (χ2n) is 4.69. The average Bonchev–Trinajstić information content (AvgIpc) is 2.53. The minimum atomic E-state index is -0.185. The number of carbonyl (C=O) groups excluding carboxylic acids is 1. The largest absolute Gasteiger partial charge is 0.343 e. The lowest BCUT2D eigenvalue weighted by atomic mass is 10.2. The van der Waals surface area contributed by atoms with Gasteiger partial charge in [-0.2, -0.15) is 5.26 Å². The monoisotopic (exact) mass is 281 g/mol. The lowest BCUT2D eigenvalue weighted by Crippen LogP contribution is -2.23. The van der Waals surface area contributed by atoms with E-state index in [4.69, 9.17) is 5.26 Å². The molecule has 0 aliphatic carbocycles. The minimum Gasteiger partial charge on any atom is -0.343 e. The lowest BCUT2D eigenvalue weighted by Gasteiger charge is -2.18. The Balaban J connectivity index is 2.21. The van der Waals surface area contributed by atoms with Crippen molar-refractivity contribution in [2.24, 2.45) is 0 Å². The summed E-state index contributed by atoms with van der Waals surface area (Å²) in [6.45, 7) is 0. The Hall–Kier alpha value is -2.94. The second-order valence-corrected chi connectivity index (χ2v) is 4.69. The summed E-state index contributed by atoms with van der Waals surface area (Å²) < 4.78 is 0. The third-order valence-electron chi connectivity index (χ3n) is 3.00. The summed E-state index contributed by atoms with van der Waals surface area (Å²) >= 11 is 0. The van der Waals surface area contributed by atoms with Crippen LogP contribution < -0.4 is 4.90 Å². The Kier molecular flexibility index (Phi) is 4.14. The molecule has 1 heterocycles. The highest BCUT2D eigenvalue weighted by Crippen LogP contribution is 2.21. The molecule has 0 saturated heterocycles. The number of nitrogens with zero attached hydrogens (tertiary/aromatic N) is 5. The third kappa shape index (κ3) is 3.15. The Bertz CT molecular complexity index is 671. The number of carbonyl (C=O) groups is 1. The Labute approximate surface area is 123 Å². The molecule has 6 heteroatoms. The Morgan fingerprint density at radius 1 is 1.05 bits per heavy atom. The number of amides is 1. The van der Waals surface area contributed by atoms with Gasteiger partial charge in [0.2, 0.25) is 0 Å². The maximum Gasteiger partial charge on any atom is 0.273 e. The van der Waals surface area contributed by atoms with E-state index in [1.165, 1.54) is 4.90 Å². The van der Waals surface area contributed by atoms with E-state index >= 15 is 0 Å². The number of benzene rings is 1. The molecule has 21 heavy (non-hydrogen) atoms. The van der Waals surface area contributed by atoms with Crippen LogP contribution >= 0.6 is 0 Å². The van der Waals surface area contributed by atoms with E-state index in [9.17, 15) is 4.79 Å². The standard InChI is InChI=1S/C15H15N5O/c1-19(2)15(21)13-8-9-14(18-17-13)20(3)12-6-4-11(10-16)5-7-12/h4-9H,1-3H3. The highest BCUT2D eigenvalue weighted by Gasteiger charge is 2.12. The smallest absolute Gasteiger partial charge is 0.273 e. The van der Waals surface area contributed by atoms with Crippen molar-refractivity contribution >= 4 is 17.4 Å². The molecule has 0 aliphatic heterocycles. The molecule has 0 saturated carbocycles. The van der Waals surface area contributed by atoms with Crippen molar-refractivity contribution in [1.82, 2.24) is 15.1 Å². The molecule has 1 aromatic heterocycles. The van der Waals surface area contributed by atoms with Gasteiger partial charge in [-0.3, -0.25) is 4.79 Å². The first-order chi connectivity index (χ1) is 10.0. The zero-order chi connectivity index (χ0) is 15.4. The fraction of sp³-hybridized carbons (Fsp3) is 0.200. The van der Waals surface area contributed by atoms with E-state index in [-0.39, 0.29) is 5.91 Å². The van der Waals surface area contributed by atoms with Crippen LogP contribution in [0.1, 0.15) is 16.1 Å². The summed E-state index contributed by atoms with van der Waals surface area (Å²) in [7, 11) is 5.18. The van der Waals surface area contributed by atoms with Crippen LogP contribution in [0.5, 0.6) is 0 Å². The molecule has 0 atom stereocenters. The van der Waals surface area contributed by atoms with Crippen LogP contribution in [0.15, 0.2) is 36.4 Å². The molecule has 2 aromatic rings. The van der Waals surface area contributed by atoms with E-state index in [0.29, 0.717) is 17.1 Å². The van der Waals surface area contributed by atoms with Crippen LogP contribution in [0.2, 0.25) is 0 Å². The van der Waals surface area contributed by atoms with Crippen molar-refractivity contribution < 1.29 is 4.79 Å². The fourth-order valence-electron chi connectivity index (χ4n) is 1.74. The molecule has 2 rings (SSSR count). The van der Waals surface area contributed by atoms with E-state index in [1.807, 2.05) is 24.1 Å². The number of hydrogen-bond donors (Lipinski definition) is 0. The van der Waals surface area contributed by atoms with Gasteiger partial charge in [-0.1, -0.05) is 0 Å². The lowest BCUT2D eigenvalue weighted by molar-refractivity contribution is 0.0821. The van der Waals surface area contributed by atoms with Gasteiger partial charge in [0.05, 0.1) is 11.6 Å². The Morgan fingerprint density at radius 3 is 2.19 bits per heavy atom. The van der Waals surface area contributed by atoms with Gasteiger partial charge in [-0.15, -0.1) is 10.2 Å². The highest BCUT2D eigenvalue weighted by molar-refractivity contribution is 5.91. The van der Waals surface area contributed by atoms with Gasteiger partial charge in [0.15, 0.2) is 11.5 Å². The number of nitriles is 1. The molecule has 0 fully saturated rings. The van der Waals surface area contributed by atoms with Gasteiger partial charge in [-0.05, 0) is 36.4 Å². The van der Waals surface area contributed by atoms with Crippen molar-refractivity contribution in [3.8, 4) is 6.07 Å². The molecule has 1 amide bonds. The van der Waals surface area contributed by atoms with Gasteiger partial charge in [0, 0.05) is 26.8 Å². The van der Waals surface area contributed by atoms with Gasteiger partial charge in [-0.25, -0.2) is 0 Å².